The van der Waals surface area contributed by atoms with Crippen LogP contribution in [0.25, 0.3) is 0 Å². The summed E-state index contributed by atoms with van der Waals surface area (Å²) in [6, 6.07) is 9.26. The number of carbonyl (C=O) groups excluding carboxylic acids is 2. The minimum atomic E-state index is -3.94. The highest BCUT2D eigenvalue weighted by Gasteiger charge is 2.32. The summed E-state index contributed by atoms with van der Waals surface area (Å²) < 4.78 is 39.6. The van der Waals surface area contributed by atoms with Gasteiger partial charge in [0.25, 0.3) is 0 Å². The van der Waals surface area contributed by atoms with Crippen LogP contribution in [0.5, 0.6) is 0 Å². The predicted octanol–water partition coefficient (Wildman–Crippen LogP) is 4.62. The number of hydrogen-bond donors (Lipinski definition) is 1. The first-order valence-corrected chi connectivity index (χ1v) is 13.7. The third kappa shape index (κ3) is 8.08. The number of amides is 2. The quantitative estimate of drug-likeness (QED) is 0.446. The Morgan fingerprint density at radius 2 is 1.69 bits per heavy atom. The van der Waals surface area contributed by atoms with E-state index < -0.39 is 34.3 Å². The number of hydrogen-bond acceptors (Lipinski definition) is 4. The van der Waals surface area contributed by atoms with E-state index in [0.29, 0.717) is 23.4 Å². The number of halogens is 3. The maximum absolute atomic E-state index is 13.7. The van der Waals surface area contributed by atoms with E-state index in [-0.39, 0.29) is 29.2 Å². The summed E-state index contributed by atoms with van der Waals surface area (Å²) in [5.41, 5.74) is 0.754. The van der Waals surface area contributed by atoms with Gasteiger partial charge in [0.1, 0.15) is 18.4 Å². The number of benzene rings is 2. The van der Waals surface area contributed by atoms with Crippen LogP contribution in [0.4, 0.5) is 10.1 Å². The lowest BCUT2D eigenvalue weighted by atomic mass is 10.1. The minimum absolute atomic E-state index is 0.0378. The second-order valence-corrected chi connectivity index (χ2v) is 11.0. The molecule has 2 amide bonds. The van der Waals surface area contributed by atoms with Crippen LogP contribution in [-0.4, -0.2) is 50.0 Å². The van der Waals surface area contributed by atoms with Crippen molar-refractivity contribution in [2.75, 3.05) is 17.1 Å². The standard InChI is InChI=1S/C24H30Cl2FN3O4S/c1-5-16(3)28-24(32)22(6-2)29(14-17-7-9-18(25)10-8-17)23(31)15-30(35(4,33)34)19-11-12-21(27)20(26)13-19/h7-13,16,22H,5-6,14-15H2,1-4H3,(H,28,32)/t16-,22+/m1/s1. The van der Waals surface area contributed by atoms with Crippen LogP contribution in [0, 0.1) is 5.82 Å². The predicted molar refractivity (Wildman–Crippen MR) is 138 cm³/mol. The molecule has 0 bridgehead atoms. The number of carbonyl (C=O) groups is 2. The monoisotopic (exact) mass is 545 g/mol. The number of nitrogens with zero attached hydrogens (tertiary/aromatic N) is 2. The van der Waals surface area contributed by atoms with Gasteiger partial charge >= 0.3 is 0 Å². The van der Waals surface area contributed by atoms with E-state index in [1.807, 2.05) is 13.8 Å². The van der Waals surface area contributed by atoms with Gasteiger partial charge in [0.15, 0.2) is 0 Å². The molecule has 2 atom stereocenters. The molecule has 0 spiro atoms. The van der Waals surface area contributed by atoms with Gasteiger partial charge in [-0.05, 0) is 55.7 Å². The maximum Gasteiger partial charge on any atom is 0.244 e. The number of anilines is 1. The molecule has 0 unspecified atom stereocenters. The Kier molecular flexibility index (Phi) is 10.4. The van der Waals surface area contributed by atoms with Crippen molar-refractivity contribution in [3.8, 4) is 0 Å². The fourth-order valence-corrected chi connectivity index (χ4v) is 4.54. The first kappa shape index (κ1) is 28.9. The zero-order valence-electron chi connectivity index (χ0n) is 20.1. The van der Waals surface area contributed by atoms with Crippen LogP contribution in [0.3, 0.4) is 0 Å². The van der Waals surface area contributed by atoms with Crippen molar-refractivity contribution in [1.82, 2.24) is 10.2 Å². The van der Waals surface area contributed by atoms with Crippen molar-refractivity contribution in [2.24, 2.45) is 0 Å². The van der Waals surface area contributed by atoms with Gasteiger partial charge in [0.2, 0.25) is 21.8 Å². The van der Waals surface area contributed by atoms with Crippen molar-refractivity contribution in [1.29, 1.82) is 0 Å². The van der Waals surface area contributed by atoms with Gasteiger partial charge in [0.05, 0.1) is 17.0 Å². The Balaban J connectivity index is 2.45. The Labute approximate surface area is 216 Å². The molecule has 0 aliphatic rings. The van der Waals surface area contributed by atoms with Crippen molar-refractivity contribution >= 4 is 50.7 Å². The summed E-state index contributed by atoms with van der Waals surface area (Å²) in [7, 11) is -3.94. The average Bonchev–Trinajstić information content (AvgIpc) is 2.79. The Hall–Kier alpha value is -2.36. The maximum atomic E-state index is 13.7. The minimum Gasteiger partial charge on any atom is -0.352 e. The molecule has 192 valence electrons. The van der Waals surface area contributed by atoms with Gasteiger partial charge in [-0.15, -0.1) is 0 Å². The highest BCUT2D eigenvalue weighted by atomic mass is 35.5. The molecule has 1 N–H and O–H groups in total. The summed E-state index contributed by atoms with van der Waals surface area (Å²) in [6.45, 7) is 5.03. The van der Waals surface area contributed by atoms with Crippen LogP contribution < -0.4 is 9.62 Å². The van der Waals surface area contributed by atoms with Gasteiger partial charge in [-0.3, -0.25) is 13.9 Å². The van der Waals surface area contributed by atoms with E-state index in [4.69, 9.17) is 23.2 Å². The van der Waals surface area contributed by atoms with E-state index in [1.54, 1.807) is 31.2 Å². The highest BCUT2D eigenvalue weighted by molar-refractivity contribution is 7.92. The molecule has 0 aromatic heterocycles. The molecule has 35 heavy (non-hydrogen) atoms. The fourth-order valence-electron chi connectivity index (χ4n) is 3.40. The molecule has 0 fully saturated rings. The highest BCUT2D eigenvalue weighted by Crippen LogP contribution is 2.25. The second-order valence-electron chi connectivity index (χ2n) is 8.26. The van der Waals surface area contributed by atoms with Crippen molar-refractivity contribution < 1.29 is 22.4 Å². The van der Waals surface area contributed by atoms with Crippen LogP contribution in [0.1, 0.15) is 39.2 Å². The van der Waals surface area contributed by atoms with Gasteiger partial charge in [-0.1, -0.05) is 49.2 Å². The lowest BCUT2D eigenvalue weighted by Crippen LogP contribution is -2.53. The van der Waals surface area contributed by atoms with Crippen molar-refractivity contribution in [3.63, 3.8) is 0 Å². The SMILES string of the molecule is CC[C@@H](C)NC(=O)[C@H](CC)N(Cc1ccc(Cl)cc1)C(=O)CN(c1ccc(F)c(Cl)c1)S(C)(=O)=O. The smallest absolute Gasteiger partial charge is 0.244 e. The Morgan fingerprint density at radius 3 is 2.20 bits per heavy atom. The molecule has 11 heteroatoms. The van der Waals surface area contributed by atoms with Crippen LogP contribution in [0.15, 0.2) is 42.5 Å². The van der Waals surface area contributed by atoms with Gasteiger partial charge in [-0.2, -0.15) is 0 Å². The zero-order chi connectivity index (χ0) is 26.3. The van der Waals surface area contributed by atoms with Crippen LogP contribution >= 0.6 is 23.2 Å². The van der Waals surface area contributed by atoms with E-state index in [0.717, 1.165) is 22.7 Å². The number of sulfonamides is 1. The first-order valence-electron chi connectivity index (χ1n) is 11.1. The molecule has 0 saturated heterocycles. The summed E-state index contributed by atoms with van der Waals surface area (Å²) >= 11 is 11.8. The second kappa shape index (κ2) is 12.6. The Bertz CT molecular complexity index is 1150. The fraction of sp³-hybridized carbons (Fsp3) is 0.417. The largest absolute Gasteiger partial charge is 0.352 e. The van der Waals surface area contributed by atoms with Gasteiger partial charge in [0, 0.05) is 17.6 Å². The molecule has 0 aliphatic heterocycles. The molecule has 0 heterocycles. The molecular formula is C24H30Cl2FN3O4S. The molecule has 0 radical (unpaired) electrons. The van der Waals surface area contributed by atoms with E-state index >= 15 is 0 Å². The van der Waals surface area contributed by atoms with E-state index in [2.05, 4.69) is 5.32 Å². The van der Waals surface area contributed by atoms with Crippen molar-refractivity contribution in [2.45, 2.75) is 52.2 Å². The van der Waals surface area contributed by atoms with Gasteiger partial charge in [-0.25, -0.2) is 12.8 Å². The average molecular weight is 546 g/mol. The molecule has 2 rings (SSSR count). The summed E-state index contributed by atoms with van der Waals surface area (Å²) in [5, 5.41) is 3.14. The third-order valence-corrected chi connectivity index (χ3v) is 7.21. The molecule has 0 aliphatic carbocycles. The van der Waals surface area contributed by atoms with Crippen LogP contribution in [-0.2, 0) is 26.2 Å². The molecule has 2 aromatic rings. The summed E-state index contributed by atoms with van der Waals surface area (Å²) in [6.07, 6.45) is 1.96. The summed E-state index contributed by atoms with van der Waals surface area (Å²) in [4.78, 5) is 28.0. The van der Waals surface area contributed by atoms with E-state index in [1.165, 1.54) is 11.0 Å². The molecule has 7 nitrogen and oxygen atoms in total. The molecular weight excluding hydrogens is 516 g/mol. The number of nitrogens with one attached hydrogen (secondary N) is 1. The lowest BCUT2D eigenvalue weighted by Gasteiger charge is -2.33. The van der Waals surface area contributed by atoms with Gasteiger partial charge < -0.3 is 10.2 Å². The van der Waals surface area contributed by atoms with Crippen molar-refractivity contribution in [3.05, 3.63) is 63.9 Å². The normalized spacial score (nSPS) is 13.1. The lowest BCUT2D eigenvalue weighted by molar-refractivity contribution is -0.140. The first-order chi connectivity index (χ1) is 16.4. The molecule has 0 saturated carbocycles. The summed E-state index contributed by atoms with van der Waals surface area (Å²) in [5.74, 6) is -1.65. The topological polar surface area (TPSA) is 86.8 Å². The molecule has 2 aromatic carbocycles. The zero-order valence-corrected chi connectivity index (χ0v) is 22.4. The van der Waals surface area contributed by atoms with Crippen LogP contribution in [0.2, 0.25) is 10.0 Å². The number of rotatable bonds is 11. The third-order valence-electron chi connectivity index (χ3n) is 5.52. The van der Waals surface area contributed by atoms with E-state index in [9.17, 15) is 22.4 Å². The Morgan fingerprint density at radius 1 is 1.06 bits per heavy atom.